The summed E-state index contributed by atoms with van der Waals surface area (Å²) in [6.45, 7) is 4.91. The topological polar surface area (TPSA) is 67.9 Å². The van der Waals surface area contributed by atoms with E-state index in [1.54, 1.807) is 7.11 Å². The zero-order valence-electron chi connectivity index (χ0n) is 15.9. The summed E-state index contributed by atoms with van der Waals surface area (Å²) < 4.78 is 23.8. The standard InChI is InChI=1S/C21H28N2O4/c1-24-10-11-26-14-15-27-13-12-25-9-8-23-20-5-3-2-4-18(20)19-16-17(22)6-7-21(19)23/h2-7,16H,8-15,22H2,1H3. The highest BCUT2D eigenvalue weighted by molar-refractivity contribution is 6.08. The third kappa shape index (κ3) is 5.20. The Kier molecular flexibility index (Phi) is 7.47. The number of benzene rings is 2. The van der Waals surface area contributed by atoms with Crippen molar-refractivity contribution < 1.29 is 18.9 Å². The Balaban J connectivity index is 1.45. The van der Waals surface area contributed by atoms with Crippen molar-refractivity contribution >= 4 is 27.5 Å². The van der Waals surface area contributed by atoms with Gasteiger partial charge in [-0.15, -0.1) is 0 Å². The van der Waals surface area contributed by atoms with Crippen molar-refractivity contribution in [1.82, 2.24) is 4.57 Å². The van der Waals surface area contributed by atoms with E-state index < -0.39 is 0 Å². The van der Waals surface area contributed by atoms with E-state index in [4.69, 9.17) is 24.7 Å². The SMILES string of the molecule is COCCOCCOCCOCCn1c2ccccc2c2cc(N)ccc21. The van der Waals surface area contributed by atoms with Crippen LogP contribution in [0.5, 0.6) is 0 Å². The van der Waals surface area contributed by atoms with Gasteiger partial charge in [0.15, 0.2) is 0 Å². The molecule has 146 valence electrons. The zero-order valence-corrected chi connectivity index (χ0v) is 15.9. The minimum Gasteiger partial charge on any atom is -0.399 e. The third-order valence-corrected chi connectivity index (χ3v) is 4.43. The summed E-state index contributed by atoms with van der Waals surface area (Å²) >= 11 is 0. The third-order valence-electron chi connectivity index (χ3n) is 4.43. The zero-order chi connectivity index (χ0) is 18.9. The van der Waals surface area contributed by atoms with E-state index in [0.717, 1.165) is 12.2 Å². The highest BCUT2D eigenvalue weighted by atomic mass is 16.6. The van der Waals surface area contributed by atoms with Crippen molar-refractivity contribution in [3.05, 3.63) is 42.5 Å². The normalized spacial score (nSPS) is 11.6. The van der Waals surface area contributed by atoms with Crippen molar-refractivity contribution in [1.29, 1.82) is 0 Å². The van der Waals surface area contributed by atoms with Crippen molar-refractivity contribution in [3.8, 4) is 0 Å². The number of aromatic nitrogens is 1. The van der Waals surface area contributed by atoms with Crippen LogP contribution in [0.2, 0.25) is 0 Å². The number of methoxy groups -OCH3 is 1. The molecule has 2 N–H and O–H groups in total. The summed E-state index contributed by atoms with van der Waals surface area (Å²) in [4.78, 5) is 0. The van der Waals surface area contributed by atoms with Gasteiger partial charge in [-0.3, -0.25) is 0 Å². The van der Waals surface area contributed by atoms with E-state index in [9.17, 15) is 0 Å². The minimum atomic E-state index is 0.567. The molecule has 0 amide bonds. The lowest BCUT2D eigenvalue weighted by Crippen LogP contribution is -2.13. The van der Waals surface area contributed by atoms with Gasteiger partial charge in [-0.2, -0.15) is 0 Å². The Labute approximate surface area is 159 Å². The summed E-state index contributed by atoms with van der Waals surface area (Å²) in [6, 6.07) is 14.5. The van der Waals surface area contributed by atoms with Crippen LogP contribution in [0.4, 0.5) is 5.69 Å². The highest BCUT2D eigenvalue weighted by Gasteiger charge is 2.10. The number of ether oxygens (including phenoxy) is 4. The molecule has 3 aromatic rings. The summed E-state index contributed by atoms with van der Waals surface area (Å²) in [6.07, 6.45) is 0. The molecule has 27 heavy (non-hydrogen) atoms. The van der Waals surface area contributed by atoms with Crippen LogP contribution in [-0.2, 0) is 25.5 Å². The molecule has 0 spiro atoms. The maximum atomic E-state index is 5.97. The Morgan fingerprint density at radius 2 is 1.37 bits per heavy atom. The van der Waals surface area contributed by atoms with E-state index in [2.05, 4.69) is 34.9 Å². The van der Waals surface area contributed by atoms with Gasteiger partial charge in [0.25, 0.3) is 0 Å². The van der Waals surface area contributed by atoms with Gasteiger partial charge in [0.2, 0.25) is 0 Å². The Morgan fingerprint density at radius 3 is 2.11 bits per heavy atom. The number of anilines is 1. The lowest BCUT2D eigenvalue weighted by Gasteiger charge is -2.09. The number of nitrogens with zero attached hydrogens (tertiary/aromatic N) is 1. The number of hydrogen-bond acceptors (Lipinski definition) is 5. The van der Waals surface area contributed by atoms with E-state index in [0.29, 0.717) is 46.2 Å². The molecule has 0 aliphatic heterocycles. The van der Waals surface area contributed by atoms with E-state index in [1.807, 2.05) is 12.1 Å². The first-order valence-electron chi connectivity index (χ1n) is 9.30. The first-order valence-corrected chi connectivity index (χ1v) is 9.30. The molecule has 0 saturated heterocycles. The molecular formula is C21H28N2O4. The molecule has 0 atom stereocenters. The van der Waals surface area contributed by atoms with Gasteiger partial charge in [0.05, 0.1) is 46.2 Å². The Morgan fingerprint density at radius 1 is 0.741 bits per heavy atom. The summed E-state index contributed by atoms with van der Waals surface area (Å²) in [5.74, 6) is 0. The minimum absolute atomic E-state index is 0.567. The molecule has 1 heterocycles. The van der Waals surface area contributed by atoms with Crippen molar-refractivity contribution in [2.24, 2.45) is 0 Å². The Hall–Kier alpha value is -2.12. The lowest BCUT2D eigenvalue weighted by molar-refractivity contribution is 0.00292. The number of nitrogen functional groups attached to an aromatic ring is 1. The van der Waals surface area contributed by atoms with Crippen LogP contribution in [0.1, 0.15) is 0 Å². The maximum absolute atomic E-state index is 5.97. The molecule has 0 saturated carbocycles. The second-order valence-electron chi connectivity index (χ2n) is 6.28. The molecule has 3 rings (SSSR count). The van der Waals surface area contributed by atoms with Gasteiger partial charge in [-0.25, -0.2) is 0 Å². The van der Waals surface area contributed by atoms with Crippen molar-refractivity contribution in [2.75, 3.05) is 59.1 Å². The van der Waals surface area contributed by atoms with Gasteiger partial charge in [0.1, 0.15) is 0 Å². The molecule has 0 bridgehead atoms. The largest absolute Gasteiger partial charge is 0.399 e. The fraction of sp³-hybridized carbons (Fsp3) is 0.429. The van der Waals surface area contributed by atoms with E-state index in [1.165, 1.54) is 21.8 Å². The van der Waals surface area contributed by atoms with Crippen LogP contribution in [0, 0.1) is 0 Å². The van der Waals surface area contributed by atoms with Crippen LogP contribution in [-0.4, -0.2) is 57.9 Å². The van der Waals surface area contributed by atoms with E-state index >= 15 is 0 Å². The number of rotatable bonds is 12. The summed E-state index contributed by atoms with van der Waals surface area (Å²) in [5.41, 5.74) is 9.14. The van der Waals surface area contributed by atoms with Gasteiger partial charge < -0.3 is 29.2 Å². The Bertz CT molecular complexity index is 847. The van der Waals surface area contributed by atoms with Gasteiger partial charge in [-0.05, 0) is 24.3 Å². The first kappa shape index (κ1) is 19.6. The van der Waals surface area contributed by atoms with Gasteiger partial charge in [0, 0.05) is 41.1 Å². The van der Waals surface area contributed by atoms with Crippen LogP contribution < -0.4 is 5.73 Å². The molecule has 0 unspecified atom stereocenters. The van der Waals surface area contributed by atoms with Crippen LogP contribution in [0.3, 0.4) is 0 Å². The molecule has 0 aliphatic carbocycles. The second kappa shape index (κ2) is 10.3. The predicted molar refractivity (Wildman–Crippen MR) is 108 cm³/mol. The van der Waals surface area contributed by atoms with Gasteiger partial charge >= 0.3 is 0 Å². The van der Waals surface area contributed by atoms with E-state index in [-0.39, 0.29) is 0 Å². The lowest BCUT2D eigenvalue weighted by atomic mass is 10.1. The number of fused-ring (bicyclic) bond motifs is 3. The van der Waals surface area contributed by atoms with Crippen LogP contribution in [0.25, 0.3) is 21.8 Å². The first-order chi connectivity index (χ1) is 13.3. The molecule has 0 fully saturated rings. The predicted octanol–water partition coefficient (Wildman–Crippen LogP) is 3.07. The second-order valence-corrected chi connectivity index (χ2v) is 6.28. The van der Waals surface area contributed by atoms with Crippen molar-refractivity contribution in [2.45, 2.75) is 6.54 Å². The fourth-order valence-electron chi connectivity index (χ4n) is 3.15. The smallest absolute Gasteiger partial charge is 0.0701 e. The molecular weight excluding hydrogens is 344 g/mol. The molecule has 2 aromatic carbocycles. The van der Waals surface area contributed by atoms with Crippen LogP contribution >= 0.6 is 0 Å². The monoisotopic (exact) mass is 372 g/mol. The molecule has 6 nitrogen and oxygen atoms in total. The molecule has 1 aromatic heterocycles. The van der Waals surface area contributed by atoms with Crippen LogP contribution in [0.15, 0.2) is 42.5 Å². The molecule has 0 aliphatic rings. The average Bonchev–Trinajstić information content (AvgIpc) is 2.99. The van der Waals surface area contributed by atoms with Gasteiger partial charge in [-0.1, -0.05) is 18.2 Å². The number of hydrogen-bond donors (Lipinski definition) is 1. The summed E-state index contributed by atoms with van der Waals surface area (Å²) in [5, 5.41) is 2.40. The molecule has 6 heteroatoms. The fourth-order valence-corrected chi connectivity index (χ4v) is 3.15. The maximum Gasteiger partial charge on any atom is 0.0701 e. The quantitative estimate of drug-likeness (QED) is 0.391. The molecule has 0 radical (unpaired) electrons. The van der Waals surface area contributed by atoms with Crippen molar-refractivity contribution in [3.63, 3.8) is 0 Å². The number of para-hydroxylation sites is 1. The highest BCUT2D eigenvalue weighted by Crippen LogP contribution is 2.30. The number of nitrogens with two attached hydrogens (primary N) is 1. The summed E-state index contributed by atoms with van der Waals surface area (Å²) in [7, 11) is 1.66. The average molecular weight is 372 g/mol.